The van der Waals surface area contributed by atoms with Gasteiger partial charge in [-0.1, -0.05) is 41.4 Å². The first-order valence-electron chi connectivity index (χ1n) is 10.0. The van der Waals surface area contributed by atoms with Crippen LogP contribution in [-0.2, 0) is 0 Å². The van der Waals surface area contributed by atoms with Crippen LogP contribution in [0, 0.1) is 0 Å². The Bertz CT molecular complexity index is 1230. The summed E-state index contributed by atoms with van der Waals surface area (Å²) in [6.07, 6.45) is -0.0368. The molecule has 6 nitrogen and oxygen atoms in total. The first kappa shape index (κ1) is 20.8. The fraction of sp³-hybridized carbons (Fsp3) is 0.208. The number of phenolic OH excluding ortho intramolecular Hbond substituents is 1. The van der Waals surface area contributed by atoms with Crippen LogP contribution in [0.5, 0.6) is 23.0 Å². The smallest absolute Gasteiger partial charge is 0.217 e. The molecule has 2 heterocycles. The Kier molecular flexibility index (Phi) is 5.27. The highest BCUT2D eigenvalue weighted by atomic mass is 35.5. The second-order valence-corrected chi connectivity index (χ2v) is 8.39. The molecular weight excluding hydrogens is 451 g/mol. The van der Waals surface area contributed by atoms with Gasteiger partial charge in [0.05, 0.1) is 36.6 Å². The highest BCUT2D eigenvalue weighted by molar-refractivity contribution is 6.35. The lowest BCUT2D eigenvalue weighted by Gasteiger charge is -2.38. The van der Waals surface area contributed by atoms with Gasteiger partial charge in [-0.3, -0.25) is 0 Å². The second kappa shape index (κ2) is 8.11. The maximum Gasteiger partial charge on any atom is 0.217 e. The largest absolute Gasteiger partial charge is 0.506 e. The summed E-state index contributed by atoms with van der Waals surface area (Å²) in [5.41, 5.74) is 3.27. The quantitative estimate of drug-likeness (QED) is 0.509. The van der Waals surface area contributed by atoms with Crippen molar-refractivity contribution in [2.75, 3.05) is 14.2 Å². The molecule has 5 rings (SSSR count). The molecule has 0 amide bonds. The zero-order valence-electron chi connectivity index (χ0n) is 17.4. The molecule has 164 valence electrons. The lowest BCUT2D eigenvalue weighted by Crippen LogP contribution is -2.33. The molecule has 0 aliphatic carbocycles. The Morgan fingerprint density at radius 2 is 1.78 bits per heavy atom. The van der Waals surface area contributed by atoms with Crippen LogP contribution in [0.2, 0.25) is 10.0 Å². The molecule has 0 spiro atoms. The number of ether oxygens (including phenoxy) is 3. The number of hydrogen-bond acceptors (Lipinski definition) is 6. The van der Waals surface area contributed by atoms with E-state index in [-0.39, 0.29) is 16.8 Å². The molecule has 0 saturated heterocycles. The lowest BCUT2D eigenvalue weighted by molar-refractivity contribution is -0.0203. The van der Waals surface area contributed by atoms with E-state index in [2.05, 4.69) is 0 Å². The molecule has 0 aromatic heterocycles. The van der Waals surface area contributed by atoms with Gasteiger partial charge in [0.25, 0.3) is 0 Å². The summed E-state index contributed by atoms with van der Waals surface area (Å²) < 4.78 is 17.1. The van der Waals surface area contributed by atoms with Crippen molar-refractivity contribution in [1.29, 1.82) is 0 Å². The van der Waals surface area contributed by atoms with Crippen LogP contribution in [0.4, 0.5) is 0 Å². The molecule has 2 atom stereocenters. The number of halogens is 2. The number of rotatable bonds is 4. The molecule has 0 saturated carbocycles. The van der Waals surface area contributed by atoms with E-state index < -0.39 is 6.23 Å². The monoisotopic (exact) mass is 470 g/mol. The van der Waals surface area contributed by atoms with Gasteiger partial charge in [-0.05, 0) is 36.4 Å². The van der Waals surface area contributed by atoms with Crippen LogP contribution >= 0.6 is 23.2 Å². The average Bonchev–Trinajstić information content (AvgIpc) is 3.26. The normalized spacial score (nSPS) is 19.0. The van der Waals surface area contributed by atoms with Gasteiger partial charge in [-0.2, -0.15) is 5.10 Å². The van der Waals surface area contributed by atoms with Gasteiger partial charge in [0.2, 0.25) is 6.23 Å². The van der Waals surface area contributed by atoms with E-state index in [0.717, 1.165) is 22.6 Å². The van der Waals surface area contributed by atoms with Gasteiger partial charge in [-0.15, -0.1) is 0 Å². The predicted molar refractivity (Wildman–Crippen MR) is 123 cm³/mol. The molecule has 1 N–H and O–H groups in total. The maximum absolute atomic E-state index is 10.7. The van der Waals surface area contributed by atoms with Crippen molar-refractivity contribution in [1.82, 2.24) is 5.01 Å². The van der Waals surface area contributed by atoms with Crippen LogP contribution in [0.3, 0.4) is 0 Å². The number of methoxy groups -OCH3 is 2. The summed E-state index contributed by atoms with van der Waals surface area (Å²) in [6, 6.07) is 16.6. The van der Waals surface area contributed by atoms with Gasteiger partial charge in [0.1, 0.15) is 11.5 Å². The summed E-state index contributed by atoms with van der Waals surface area (Å²) in [6.45, 7) is 0. The van der Waals surface area contributed by atoms with Crippen LogP contribution in [0.15, 0.2) is 59.7 Å². The molecule has 2 aliphatic rings. The molecule has 0 fully saturated rings. The van der Waals surface area contributed by atoms with Gasteiger partial charge < -0.3 is 19.3 Å². The molecule has 32 heavy (non-hydrogen) atoms. The zero-order chi connectivity index (χ0) is 22.4. The van der Waals surface area contributed by atoms with Gasteiger partial charge >= 0.3 is 0 Å². The SMILES string of the molecule is COc1ccc(C2=NN3[C@@H](c4cc(Cl)cc(Cl)c4O)Oc4ccccc4[C@@H]3C2)cc1OC. The van der Waals surface area contributed by atoms with Gasteiger partial charge in [-0.25, -0.2) is 5.01 Å². The van der Waals surface area contributed by atoms with E-state index in [1.54, 1.807) is 20.3 Å². The van der Waals surface area contributed by atoms with E-state index in [9.17, 15) is 5.11 Å². The number of nitrogens with zero attached hydrogens (tertiary/aromatic N) is 2. The van der Waals surface area contributed by atoms with Crippen molar-refractivity contribution < 1.29 is 19.3 Å². The summed E-state index contributed by atoms with van der Waals surface area (Å²) >= 11 is 12.4. The first-order chi connectivity index (χ1) is 15.5. The number of hydrazone groups is 1. The van der Waals surface area contributed by atoms with Crippen molar-refractivity contribution in [3.8, 4) is 23.0 Å². The molecule has 8 heteroatoms. The minimum absolute atomic E-state index is 0.0750. The molecule has 2 aliphatic heterocycles. The number of para-hydroxylation sites is 1. The Morgan fingerprint density at radius 1 is 1.00 bits per heavy atom. The number of hydrogen-bond donors (Lipinski definition) is 1. The Hall–Kier alpha value is -3.09. The standard InChI is InChI=1S/C24H20Cl2N2O4/c1-30-21-8-7-13(9-22(21)31-2)18-12-19-15-5-3-4-6-20(15)32-24(28(19)27-18)16-10-14(25)11-17(26)23(16)29/h3-11,19,24,29H,12H2,1-2H3/t19-,24+/m0/s1. The Balaban J connectivity index is 1.61. The van der Waals surface area contributed by atoms with E-state index >= 15 is 0 Å². The fourth-order valence-electron chi connectivity index (χ4n) is 4.20. The predicted octanol–water partition coefficient (Wildman–Crippen LogP) is 5.96. The Labute approximate surface area is 195 Å². The minimum atomic E-state index is -0.691. The van der Waals surface area contributed by atoms with Crippen molar-refractivity contribution in [2.24, 2.45) is 5.10 Å². The van der Waals surface area contributed by atoms with Crippen LogP contribution < -0.4 is 14.2 Å². The maximum atomic E-state index is 10.7. The van der Waals surface area contributed by atoms with E-state index in [0.29, 0.717) is 28.5 Å². The number of phenols is 1. The van der Waals surface area contributed by atoms with Gasteiger partial charge in [0.15, 0.2) is 11.5 Å². The molecule has 0 bridgehead atoms. The topological polar surface area (TPSA) is 63.5 Å². The van der Waals surface area contributed by atoms with Crippen molar-refractivity contribution in [3.63, 3.8) is 0 Å². The average molecular weight is 471 g/mol. The summed E-state index contributed by atoms with van der Waals surface area (Å²) in [5.74, 6) is 1.94. The van der Waals surface area contributed by atoms with Crippen LogP contribution in [0.25, 0.3) is 0 Å². The number of aromatic hydroxyl groups is 1. The molecule has 0 radical (unpaired) electrons. The second-order valence-electron chi connectivity index (χ2n) is 7.55. The number of fused-ring (bicyclic) bond motifs is 3. The highest BCUT2D eigenvalue weighted by Crippen LogP contribution is 2.50. The van der Waals surface area contributed by atoms with Crippen LogP contribution in [-0.4, -0.2) is 30.0 Å². The third-order valence-electron chi connectivity index (χ3n) is 5.74. The van der Waals surface area contributed by atoms with Gasteiger partial charge in [0, 0.05) is 22.6 Å². The Morgan fingerprint density at radius 3 is 2.56 bits per heavy atom. The van der Waals surface area contributed by atoms with E-state index in [4.69, 9.17) is 42.5 Å². The summed E-state index contributed by atoms with van der Waals surface area (Å²) in [5, 5.41) is 18.0. The summed E-state index contributed by atoms with van der Waals surface area (Å²) in [7, 11) is 3.21. The summed E-state index contributed by atoms with van der Waals surface area (Å²) in [4.78, 5) is 0. The minimum Gasteiger partial charge on any atom is -0.506 e. The first-order valence-corrected chi connectivity index (χ1v) is 10.8. The zero-order valence-corrected chi connectivity index (χ0v) is 18.9. The fourth-order valence-corrected chi connectivity index (χ4v) is 4.71. The molecule has 0 unspecified atom stereocenters. The van der Waals surface area contributed by atoms with E-state index in [1.165, 1.54) is 6.07 Å². The van der Waals surface area contributed by atoms with Crippen LogP contribution in [0.1, 0.15) is 35.4 Å². The van der Waals surface area contributed by atoms with Crippen molar-refractivity contribution >= 4 is 28.9 Å². The molecular formula is C24H20Cl2N2O4. The van der Waals surface area contributed by atoms with Crippen molar-refractivity contribution in [3.05, 3.63) is 81.3 Å². The number of benzene rings is 3. The highest BCUT2D eigenvalue weighted by Gasteiger charge is 2.42. The van der Waals surface area contributed by atoms with Crippen molar-refractivity contribution in [2.45, 2.75) is 18.7 Å². The lowest BCUT2D eigenvalue weighted by atomic mass is 9.95. The molecule has 3 aromatic rings. The molecule has 3 aromatic carbocycles. The van der Waals surface area contributed by atoms with E-state index in [1.807, 2.05) is 47.5 Å². The third-order valence-corrected chi connectivity index (χ3v) is 6.25. The third kappa shape index (κ3) is 3.40.